The van der Waals surface area contributed by atoms with Crippen LogP contribution in [0.2, 0.25) is 0 Å². The fourth-order valence-electron chi connectivity index (χ4n) is 2.87. The SMILES string of the molecule is CC(=O)c1ccc2c(c1)CCN2S(=O)(=O)c1c(C)n[nH]c1C. The van der Waals surface area contributed by atoms with Gasteiger partial charge in [-0.3, -0.25) is 14.2 Å². The zero-order chi connectivity index (χ0) is 16.1. The van der Waals surface area contributed by atoms with Crippen molar-refractivity contribution >= 4 is 21.5 Å². The lowest BCUT2D eigenvalue weighted by Crippen LogP contribution is -2.29. The van der Waals surface area contributed by atoms with Gasteiger partial charge in [-0.25, -0.2) is 8.42 Å². The molecule has 0 unspecified atom stereocenters. The number of anilines is 1. The van der Waals surface area contributed by atoms with Crippen molar-refractivity contribution in [2.24, 2.45) is 0 Å². The lowest BCUT2D eigenvalue weighted by molar-refractivity contribution is 0.101. The summed E-state index contributed by atoms with van der Waals surface area (Å²) in [6.45, 7) is 5.25. The molecule has 1 N–H and O–H groups in total. The molecule has 6 nitrogen and oxygen atoms in total. The molecule has 0 atom stereocenters. The number of H-pyrrole nitrogens is 1. The number of sulfonamides is 1. The van der Waals surface area contributed by atoms with E-state index < -0.39 is 10.0 Å². The van der Waals surface area contributed by atoms with Gasteiger partial charge in [-0.05, 0) is 51.0 Å². The van der Waals surface area contributed by atoms with Crippen molar-refractivity contribution in [2.75, 3.05) is 10.8 Å². The van der Waals surface area contributed by atoms with Crippen LogP contribution in [0, 0.1) is 13.8 Å². The number of aromatic amines is 1. The van der Waals surface area contributed by atoms with Crippen LogP contribution in [0.1, 0.15) is 34.2 Å². The number of aryl methyl sites for hydroxylation is 2. The summed E-state index contributed by atoms with van der Waals surface area (Å²) in [6.07, 6.45) is 0.603. The Balaban J connectivity index is 2.08. The maximum atomic E-state index is 12.9. The third kappa shape index (κ3) is 2.12. The molecule has 0 spiro atoms. The van der Waals surface area contributed by atoms with Crippen LogP contribution in [-0.4, -0.2) is 30.9 Å². The predicted octanol–water partition coefficient (Wildman–Crippen LogP) is 1.98. The lowest BCUT2D eigenvalue weighted by Gasteiger charge is -2.19. The highest BCUT2D eigenvalue weighted by atomic mass is 32.2. The van der Waals surface area contributed by atoms with Gasteiger partial charge in [0.1, 0.15) is 4.90 Å². The molecule has 0 bridgehead atoms. The molecular formula is C15H17N3O3S. The van der Waals surface area contributed by atoms with E-state index in [0.29, 0.717) is 35.6 Å². The Labute approximate surface area is 129 Å². The Morgan fingerprint density at radius 1 is 1.32 bits per heavy atom. The maximum absolute atomic E-state index is 12.9. The number of fused-ring (bicyclic) bond motifs is 1. The molecule has 1 aromatic carbocycles. The van der Waals surface area contributed by atoms with E-state index in [1.54, 1.807) is 32.0 Å². The third-order valence-corrected chi connectivity index (χ3v) is 6.02. The smallest absolute Gasteiger partial charge is 0.268 e. The van der Waals surface area contributed by atoms with Crippen LogP contribution in [0.3, 0.4) is 0 Å². The zero-order valence-corrected chi connectivity index (χ0v) is 13.5. The standard InChI is InChI=1S/C15H17N3O3S/c1-9-15(10(2)17-16-9)22(20,21)18-7-6-13-8-12(11(3)19)4-5-14(13)18/h4-5,8H,6-7H2,1-3H3,(H,16,17). The molecule has 0 saturated carbocycles. The van der Waals surface area contributed by atoms with Gasteiger partial charge in [0.15, 0.2) is 5.78 Å². The third-order valence-electron chi connectivity index (χ3n) is 3.95. The minimum atomic E-state index is -3.65. The first kappa shape index (κ1) is 14.8. The van der Waals surface area contributed by atoms with Crippen molar-refractivity contribution in [1.29, 1.82) is 0 Å². The Bertz CT molecular complexity index is 849. The Morgan fingerprint density at radius 2 is 2.05 bits per heavy atom. The molecule has 7 heteroatoms. The van der Waals surface area contributed by atoms with E-state index >= 15 is 0 Å². The molecule has 1 aromatic heterocycles. The number of benzene rings is 1. The highest BCUT2D eigenvalue weighted by Gasteiger charge is 2.34. The van der Waals surface area contributed by atoms with E-state index in [1.807, 2.05) is 0 Å². The Hall–Kier alpha value is -2.15. The van der Waals surface area contributed by atoms with Crippen LogP contribution in [0.25, 0.3) is 0 Å². The van der Waals surface area contributed by atoms with E-state index in [0.717, 1.165) is 5.56 Å². The molecule has 0 fully saturated rings. The van der Waals surface area contributed by atoms with E-state index in [4.69, 9.17) is 0 Å². The number of carbonyl (C=O) groups excluding carboxylic acids is 1. The molecule has 3 rings (SSSR count). The average Bonchev–Trinajstić information content (AvgIpc) is 3.02. The van der Waals surface area contributed by atoms with Crippen molar-refractivity contribution in [3.63, 3.8) is 0 Å². The second-order valence-electron chi connectivity index (χ2n) is 5.49. The van der Waals surface area contributed by atoms with Gasteiger partial charge >= 0.3 is 0 Å². The molecule has 1 aliphatic rings. The van der Waals surface area contributed by atoms with Crippen molar-refractivity contribution < 1.29 is 13.2 Å². The minimum absolute atomic E-state index is 0.0226. The van der Waals surface area contributed by atoms with Gasteiger partial charge in [-0.1, -0.05) is 0 Å². The summed E-state index contributed by atoms with van der Waals surface area (Å²) in [6, 6.07) is 5.16. The second-order valence-corrected chi connectivity index (χ2v) is 7.29. The van der Waals surface area contributed by atoms with Crippen LogP contribution in [0.15, 0.2) is 23.1 Å². The first-order valence-electron chi connectivity index (χ1n) is 7.00. The molecular weight excluding hydrogens is 302 g/mol. The van der Waals surface area contributed by atoms with Gasteiger partial charge in [0.05, 0.1) is 17.1 Å². The van der Waals surface area contributed by atoms with Crippen molar-refractivity contribution in [1.82, 2.24) is 10.2 Å². The number of nitrogens with zero attached hydrogens (tertiary/aromatic N) is 2. The predicted molar refractivity (Wildman–Crippen MR) is 82.7 cm³/mol. The summed E-state index contributed by atoms with van der Waals surface area (Å²) in [5, 5.41) is 6.69. The summed E-state index contributed by atoms with van der Waals surface area (Å²) in [5.41, 5.74) is 3.13. The van der Waals surface area contributed by atoms with E-state index in [-0.39, 0.29) is 10.7 Å². The number of nitrogens with one attached hydrogen (secondary N) is 1. The summed E-state index contributed by atoms with van der Waals surface area (Å²) >= 11 is 0. The number of Topliss-reactive ketones (excluding diaryl/α,β-unsaturated/α-hetero) is 1. The molecule has 0 radical (unpaired) electrons. The molecule has 1 aliphatic heterocycles. The largest absolute Gasteiger partial charge is 0.295 e. The van der Waals surface area contributed by atoms with Crippen molar-refractivity contribution in [3.8, 4) is 0 Å². The minimum Gasteiger partial charge on any atom is -0.295 e. The lowest BCUT2D eigenvalue weighted by atomic mass is 10.1. The highest BCUT2D eigenvalue weighted by molar-refractivity contribution is 7.93. The summed E-state index contributed by atoms with van der Waals surface area (Å²) in [7, 11) is -3.65. The van der Waals surface area contributed by atoms with Gasteiger partial charge in [0.2, 0.25) is 0 Å². The monoisotopic (exact) mass is 319 g/mol. The van der Waals surface area contributed by atoms with E-state index in [1.165, 1.54) is 11.2 Å². The van der Waals surface area contributed by atoms with Crippen LogP contribution in [0.5, 0.6) is 0 Å². The van der Waals surface area contributed by atoms with Crippen LogP contribution < -0.4 is 4.31 Å². The van der Waals surface area contributed by atoms with Crippen LogP contribution in [-0.2, 0) is 16.4 Å². The summed E-state index contributed by atoms with van der Waals surface area (Å²) < 4.78 is 27.2. The average molecular weight is 319 g/mol. The van der Waals surface area contributed by atoms with E-state index in [9.17, 15) is 13.2 Å². The van der Waals surface area contributed by atoms with Gasteiger partial charge in [0, 0.05) is 12.1 Å². The number of carbonyl (C=O) groups is 1. The fraction of sp³-hybridized carbons (Fsp3) is 0.333. The highest BCUT2D eigenvalue weighted by Crippen LogP contribution is 2.34. The maximum Gasteiger partial charge on any atom is 0.268 e. The Kier molecular flexibility index (Phi) is 3.32. The molecule has 116 valence electrons. The van der Waals surface area contributed by atoms with Crippen LogP contribution in [0.4, 0.5) is 5.69 Å². The number of ketones is 1. The van der Waals surface area contributed by atoms with Crippen molar-refractivity contribution in [3.05, 3.63) is 40.7 Å². The number of aromatic nitrogens is 2. The van der Waals surface area contributed by atoms with Gasteiger partial charge in [0.25, 0.3) is 10.0 Å². The first-order valence-corrected chi connectivity index (χ1v) is 8.44. The number of rotatable bonds is 3. The molecule has 2 aromatic rings. The van der Waals surface area contributed by atoms with Crippen molar-refractivity contribution in [2.45, 2.75) is 32.1 Å². The molecule has 22 heavy (non-hydrogen) atoms. The quantitative estimate of drug-likeness (QED) is 0.877. The number of hydrogen-bond donors (Lipinski definition) is 1. The number of hydrogen-bond acceptors (Lipinski definition) is 4. The topological polar surface area (TPSA) is 83.1 Å². The van der Waals surface area contributed by atoms with Crippen LogP contribution >= 0.6 is 0 Å². The first-order chi connectivity index (χ1) is 10.3. The van der Waals surface area contributed by atoms with Gasteiger partial charge in [-0.2, -0.15) is 5.10 Å². The summed E-state index contributed by atoms with van der Waals surface area (Å²) in [5.74, 6) is -0.0226. The molecule has 0 amide bonds. The van der Waals surface area contributed by atoms with Gasteiger partial charge in [-0.15, -0.1) is 0 Å². The van der Waals surface area contributed by atoms with Gasteiger partial charge < -0.3 is 0 Å². The second kappa shape index (κ2) is 4.95. The summed E-state index contributed by atoms with van der Waals surface area (Å²) in [4.78, 5) is 11.7. The fourth-order valence-corrected chi connectivity index (χ4v) is 4.71. The zero-order valence-electron chi connectivity index (χ0n) is 12.7. The molecule has 2 heterocycles. The van der Waals surface area contributed by atoms with E-state index in [2.05, 4.69) is 10.2 Å². The molecule has 0 aliphatic carbocycles. The Morgan fingerprint density at radius 3 is 2.64 bits per heavy atom. The normalized spacial score (nSPS) is 14.2. The molecule has 0 saturated heterocycles.